The fourth-order valence-corrected chi connectivity index (χ4v) is 1.88. The lowest BCUT2D eigenvalue weighted by Crippen LogP contribution is -2.13. The minimum absolute atomic E-state index is 0.204. The van der Waals surface area contributed by atoms with Crippen molar-refractivity contribution in [1.82, 2.24) is 15.0 Å². The molecule has 1 aromatic carbocycles. The zero-order valence-electron chi connectivity index (χ0n) is 10.3. The van der Waals surface area contributed by atoms with E-state index in [9.17, 15) is 4.79 Å². The van der Waals surface area contributed by atoms with Gasteiger partial charge >= 0.3 is 0 Å². The highest BCUT2D eigenvalue weighted by atomic mass is 16.1. The standard InChI is InChI=1S/C14H12N4O/c1-9-8-10(6-7-15-9)13(19)18-14-16-11-4-2-3-5-12(11)17-14/h2-8H,1H3,(H2,16,17,18,19). The number of aromatic amines is 1. The Labute approximate surface area is 109 Å². The van der Waals surface area contributed by atoms with Crippen molar-refractivity contribution in [2.45, 2.75) is 6.92 Å². The molecule has 0 unspecified atom stereocenters. The van der Waals surface area contributed by atoms with Crippen molar-refractivity contribution < 1.29 is 4.79 Å². The summed E-state index contributed by atoms with van der Waals surface area (Å²) < 4.78 is 0. The molecule has 0 aliphatic heterocycles. The van der Waals surface area contributed by atoms with E-state index in [0.29, 0.717) is 11.5 Å². The summed E-state index contributed by atoms with van der Waals surface area (Å²) in [6, 6.07) is 11.0. The van der Waals surface area contributed by atoms with Gasteiger partial charge in [0.2, 0.25) is 5.95 Å². The van der Waals surface area contributed by atoms with E-state index in [1.54, 1.807) is 18.3 Å². The van der Waals surface area contributed by atoms with E-state index >= 15 is 0 Å². The molecule has 0 saturated carbocycles. The molecule has 2 N–H and O–H groups in total. The summed E-state index contributed by atoms with van der Waals surface area (Å²) in [5.41, 5.74) is 3.08. The van der Waals surface area contributed by atoms with Gasteiger partial charge in [-0.2, -0.15) is 0 Å². The van der Waals surface area contributed by atoms with Crippen LogP contribution in [-0.4, -0.2) is 20.9 Å². The molecule has 2 heterocycles. The maximum atomic E-state index is 12.0. The molecular weight excluding hydrogens is 240 g/mol. The van der Waals surface area contributed by atoms with Gasteiger partial charge in [-0.15, -0.1) is 0 Å². The highest BCUT2D eigenvalue weighted by Crippen LogP contribution is 2.14. The van der Waals surface area contributed by atoms with Crippen molar-refractivity contribution in [3.05, 3.63) is 53.9 Å². The van der Waals surface area contributed by atoms with Crippen LogP contribution in [0.25, 0.3) is 11.0 Å². The van der Waals surface area contributed by atoms with Crippen LogP contribution in [0.1, 0.15) is 16.1 Å². The Balaban J connectivity index is 1.86. The van der Waals surface area contributed by atoms with E-state index < -0.39 is 0 Å². The first-order chi connectivity index (χ1) is 9.22. The molecule has 94 valence electrons. The van der Waals surface area contributed by atoms with Crippen molar-refractivity contribution in [3.8, 4) is 0 Å². The molecule has 19 heavy (non-hydrogen) atoms. The number of carbonyl (C=O) groups excluding carboxylic acids is 1. The molecule has 0 bridgehead atoms. The summed E-state index contributed by atoms with van der Waals surface area (Å²) >= 11 is 0. The number of imidazole rings is 1. The number of fused-ring (bicyclic) bond motifs is 1. The lowest BCUT2D eigenvalue weighted by molar-refractivity contribution is 0.102. The molecule has 0 aliphatic carbocycles. The third-order valence-corrected chi connectivity index (χ3v) is 2.78. The van der Waals surface area contributed by atoms with Gasteiger partial charge in [0.15, 0.2) is 0 Å². The maximum Gasteiger partial charge on any atom is 0.258 e. The molecule has 0 saturated heterocycles. The van der Waals surface area contributed by atoms with Crippen LogP contribution in [-0.2, 0) is 0 Å². The third-order valence-electron chi connectivity index (χ3n) is 2.78. The van der Waals surface area contributed by atoms with Crippen LogP contribution in [0, 0.1) is 6.92 Å². The minimum atomic E-state index is -0.204. The summed E-state index contributed by atoms with van der Waals surface area (Å²) in [5.74, 6) is 0.241. The fraction of sp³-hybridized carbons (Fsp3) is 0.0714. The van der Waals surface area contributed by atoms with E-state index in [-0.39, 0.29) is 5.91 Å². The molecule has 2 aromatic heterocycles. The van der Waals surface area contributed by atoms with E-state index in [2.05, 4.69) is 20.3 Å². The Hall–Kier alpha value is -2.69. The van der Waals surface area contributed by atoms with Crippen LogP contribution in [0.2, 0.25) is 0 Å². The summed E-state index contributed by atoms with van der Waals surface area (Å²) in [4.78, 5) is 23.5. The first-order valence-electron chi connectivity index (χ1n) is 5.91. The van der Waals surface area contributed by atoms with Gasteiger partial charge in [-0.25, -0.2) is 4.98 Å². The predicted octanol–water partition coefficient (Wildman–Crippen LogP) is 2.52. The second kappa shape index (κ2) is 4.53. The first-order valence-corrected chi connectivity index (χ1v) is 5.91. The Morgan fingerprint density at radius 1 is 1.26 bits per heavy atom. The third kappa shape index (κ3) is 2.30. The molecule has 0 fully saturated rings. The smallest absolute Gasteiger partial charge is 0.258 e. The van der Waals surface area contributed by atoms with Crippen molar-refractivity contribution >= 4 is 22.9 Å². The number of amides is 1. The van der Waals surface area contributed by atoms with E-state index in [4.69, 9.17) is 0 Å². The van der Waals surface area contributed by atoms with Crippen LogP contribution < -0.4 is 5.32 Å². The SMILES string of the molecule is Cc1cc(C(=O)Nc2nc3ccccc3[nH]2)ccn1. The maximum absolute atomic E-state index is 12.0. The monoisotopic (exact) mass is 252 g/mol. The van der Waals surface area contributed by atoms with Crippen LogP contribution in [0.15, 0.2) is 42.6 Å². The number of hydrogen-bond donors (Lipinski definition) is 2. The number of hydrogen-bond acceptors (Lipinski definition) is 3. The number of aromatic nitrogens is 3. The molecule has 1 amide bonds. The van der Waals surface area contributed by atoms with Gasteiger partial charge in [0.1, 0.15) is 0 Å². The van der Waals surface area contributed by atoms with Gasteiger partial charge in [-0.1, -0.05) is 12.1 Å². The van der Waals surface area contributed by atoms with Crippen LogP contribution in [0.3, 0.4) is 0 Å². The summed E-state index contributed by atoms with van der Waals surface area (Å²) in [6.07, 6.45) is 1.61. The number of rotatable bonds is 2. The predicted molar refractivity (Wildman–Crippen MR) is 73.0 cm³/mol. The van der Waals surface area contributed by atoms with Gasteiger partial charge in [-0.3, -0.25) is 15.1 Å². The zero-order valence-corrected chi connectivity index (χ0v) is 10.3. The largest absolute Gasteiger partial charge is 0.324 e. The molecule has 5 heteroatoms. The number of carbonyl (C=O) groups is 1. The Morgan fingerprint density at radius 3 is 2.89 bits per heavy atom. The number of para-hydroxylation sites is 2. The Kier molecular flexibility index (Phi) is 2.72. The van der Waals surface area contributed by atoms with Gasteiger partial charge in [0.05, 0.1) is 11.0 Å². The summed E-state index contributed by atoms with van der Waals surface area (Å²) in [6.45, 7) is 1.85. The Bertz CT molecular complexity index is 715. The Morgan fingerprint density at radius 2 is 2.11 bits per heavy atom. The number of aryl methyl sites for hydroxylation is 1. The molecule has 0 aliphatic rings. The molecule has 3 rings (SSSR count). The van der Waals surface area contributed by atoms with Crippen LogP contribution in [0.4, 0.5) is 5.95 Å². The number of nitrogens with one attached hydrogen (secondary N) is 2. The van der Waals surface area contributed by atoms with Crippen molar-refractivity contribution in [2.75, 3.05) is 5.32 Å². The highest BCUT2D eigenvalue weighted by molar-refractivity contribution is 6.03. The highest BCUT2D eigenvalue weighted by Gasteiger charge is 2.09. The van der Waals surface area contributed by atoms with E-state index in [0.717, 1.165) is 16.7 Å². The molecule has 0 spiro atoms. The number of pyridine rings is 1. The molecule has 0 atom stereocenters. The topological polar surface area (TPSA) is 70.7 Å². The normalized spacial score (nSPS) is 10.6. The van der Waals surface area contributed by atoms with Gasteiger partial charge in [-0.05, 0) is 31.2 Å². The van der Waals surface area contributed by atoms with Crippen molar-refractivity contribution in [2.24, 2.45) is 0 Å². The number of benzene rings is 1. The number of H-pyrrole nitrogens is 1. The van der Waals surface area contributed by atoms with Crippen molar-refractivity contribution in [3.63, 3.8) is 0 Å². The van der Waals surface area contributed by atoms with Crippen molar-refractivity contribution in [1.29, 1.82) is 0 Å². The average Bonchev–Trinajstić information content (AvgIpc) is 2.80. The van der Waals surface area contributed by atoms with Gasteiger partial charge in [0, 0.05) is 17.5 Å². The summed E-state index contributed by atoms with van der Waals surface area (Å²) in [7, 11) is 0. The number of anilines is 1. The van der Waals surface area contributed by atoms with Gasteiger partial charge < -0.3 is 4.98 Å². The second-order valence-corrected chi connectivity index (χ2v) is 4.24. The lowest BCUT2D eigenvalue weighted by Gasteiger charge is -2.01. The first kappa shape index (κ1) is 11.4. The van der Waals surface area contributed by atoms with E-state index in [1.807, 2.05) is 31.2 Å². The quantitative estimate of drug-likeness (QED) is 0.736. The molecule has 3 aromatic rings. The molecule has 0 radical (unpaired) electrons. The zero-order chi connectivity index (χ0) is 13.2. The second-order valence-electron chi connectivity index (χ2n) is 4.24. The fourth-order valence-electron chi connectivity index (χ4n) is 1.88. The average molecular weight is 252 g/mol. The van der Waals surface area contributed by atoms with Crippen LogP contribution in [0.5, 0.6) is 0 Å². The molecular formula is C14H12N4O. The van der Waals surface area contributed by atoms with Crippen LogP contribution >= 0.6 is 0 Å². The van der Waals surface area contributed by atoms with Gasteiger partial charge in [0.25, 0.3) is 5.91 Å². The summed E-state index contributed by atoms with van der Waals surface area (Å²) in [5, 5.41) is 2.74. The minimum Gasteiger partial charge on any atom is -0.324 e. The number of nitrogens with zero attached hydrogens (tertiary/aromatic N) is 2. The van der Waals surface area contributed by atoms with E-state index in [1.165, 1.54) is 0 Å². The molecule has 5 nitrogen and oxygen atoms in total. The lowest BCUT2D eigenvalue weighted by atomic mass is 10.2.